The molecule has 2 rings (SSSR count). The largest absolute Gasteiger partial charge is 0.309 e. The highest BCUT2D eigenvalue weighted by atomic mass is 79.9. The second kappa shape index (κ2) is 7.34. The molecule has 0 radical (unpaired) electrons. The van der Waals surface area contributed by atoms with Gasteiger partial charge in [0.15, 0.2) is 0 Å². The maximum atomic E-state index is 13.5. The Morgan fingerprint density at radius 1 is 1.35 bits per heavy atom. The quantitative estimate of drug-likeness (QED) is 0.746. The van der Waals surface area contributed by atoms with Gasteiger partial charge in [-0.3, -0.25) is 0 Å². The minimum absolute atomic E-state index is 0.188. The fraction of sp³-hybridized carbons (Fsp3) is 0.375. The molecule has 1 aromatic heterocycles. The van der Waals surface area contributed by atoms with E-state index in [0.29, 0.717) is 0 Å². The number of hydrogen-bond acceptors (Lipinski definition) is 2. The van der Waals surface area contributed by atoms with Crippen molar-refractivity contribution in [2.45, 2.75) is 32.7 Å². The third-order valence-corrected chi connectivity index (χ3v) is 4.81. The fourth-order valence-electron chi connectivity index (χ4n) is 2.28. The summed E-state index contributed by atoms with van der Waals surface area (Å²) >= 11 is 5.13. The molecular formula is C16H19BrFNS. The van der Waals surface area contributed by atoms with Crippen LogP contribution in [0.5, 0.6) is 0 Å². The zero-order valence-corrected chi connectivity index (χ0v) is 14.2. The number of nitrogens with one attached hydrogen (secondary N) is 1. The standard InChI is InChI=1S/C16H19BrFNS/c1-3-5-19-15(16-11(2)4-6-20-16)9-12-7-13(17)10-14(18)8-12/h4,6-8,10,15,19H,3,5,9H2,1-2H3. The number of benzene rings is 1. The zero-order chi connectivity index (χ0) is 14.5. The molecule has 1 N–H and O–H groups in total. The summed E-state index contributed by atoms with van der Waals surface area (Å²) in [5.41, 5.74) is 2.32. The summed E-state index contributed by atoms with van der Waals surface area (Å²) in [6.07, 6.45) is 1.89. The van der Waals surface area contributed by atoms with E-state index in [2.05, 4.69) is 46.5 Å². The second-order valence-corrected chi connectivity index (χ2v) is 6.82. The predicted molar refractivity (Wildman–Crippen MR) is 87.9 cm³/mol. The first-order chi connectivity index (χ1) is 9.60. The van der Waals surface area contributed by atoms with Gasteiger partial charge in [-0.2, -0.15) is 0 Å². The van der Waals surface area contributed by atoms with Crippen molar-refractivity contribution >= 4 is 27.3 Å². The van der Waals surface area contributed by atoms with Crippen LogP contribution in [0.3, 0.4) is 0 Å². The van der Waals surface area contributed by atoms with E-state index >= 15 is 0 Å². The van der Waals surface area contributed by atoms with Gasteiger partial charge in [0.05, 0.1) is 0 Å². The first-order valence-corrected chi connectivity index (χ1v) is 8.49. The lowest BCUT2D eigenvalue weighted by molar-refractivity contribution is 0.532. The molecule has 0 bridgehead atoms. The maximum absolute atomic E-state index is 13.5. The van der Waals surface area contributed by atoms with Gasteiger partial charge in [0.25, 0.3) is 0 Å². The molecule has 0 amide bonds. The van der Waals surface area contributed by atoms with Crippen molar-refractivity contribution in [1.29, 1.82) is 0 Å². The Bertz CT molecular complexity index is 547. The molecule has 1 aromatic carbocycles. The van der Waals surface area contributed by atoms with Gasteiger partial charge in [-0.25, -0.2) is 4.39 Å². The first kappa shape index (κ1) is 15.7. The Kier molecular flexibility index (Phi) is 5.75. The Morgan fingerprint density at radius 3 is 2.75 bits per heavy atom. The van der Waals surface area contributed by atoms with Gasteiger partial charge in [0.2, 0.25) is 0 Å². The number of aryl methyl sites for hydroxylation is 1. The Hall–Kier alpha value is -0.710. The van der Waals surface area contributed by atoms with Crippen molar-refractivity contribution in [3.8, 4) is 0 Å². The molecule has 108 valence electrons. The number of rotatable bonds is 6. The molecular weight excluding hydrogens is 337 g/mol. The fourth-order valence-corrected chi connectivity index (χ4v) is 3.80. The van der Waals surface area contributed by atoms with Gasteiger partial charge >= 0.3 is 0 Å². The van der Waals surface area contributed by atoms with E-state index in [1.807, 2.05) is 6.07 Å². The lowest BCUT2D eigenvalue weighted by Crippen LogP contribution is -2.24. The second-order valence-electron chi connectivity index (χ2n) is 4.96. The summed E-state index contributed by atoms with van der Waals surface area (Å²) in [6.45, 7) is 5.26. The highest BCUT2D eigenvalue weighted by molar-refractivity contribution is 9.10. The molecule has 0 aliphatic carbocycles. The summed E-state index contributed by atoms with van der Waals surface area (Å²) < 4.78 is 14.3. The topological polar surface area (TPSA) is 12.0 Å². The SMILES string of the molecule is CCCNC(Cc1cc(F)cc(Br)c1)c1sccc1C. The van der Waals surface area contributed by atoms with E-state index in [1.165, 1.54) is 16.5 Å². The molecule has 0 saturated carbocycles. The number of thiophene rings is 1. The summed E-state index contributed by atoms with van der Waals surface area (Å²) in [6, 6.07) is 7.50. The van der Waals surface area contributed by atoms with Crippen LogP contribution in [0.2, 0.25) is 0 Å². The average Bonchev–Trinajstić information content (AvgIpc) is 2.79. The highest BCUT2D eigenvalue weighted by Crippen LogP contribution is 2.28. The number of halogens is 2. The molecule has 1 heterocycles. The summed E-state index contributed by atoms with van der Waals surface area (Å²) in [5, 5.41) is 5.69. The Labute approximate surface area is 132 Å². The summed E-state index contributed by atoms with van der Waals surface area (Å²) in [7, 11) is 0. The van der Waals surface area contributed by atoms with Crippen LogP contribution in [-0.2, 0) is 6.42 Å². The van der Waals surface area contributed by atoms with Gasteiger partial charge in [0.1, 0.15) is 5.82 Å². The van der Waals surface area contributed by atoms with Crippen LogP contribution >= 0.6 is 27.3 Å². The highest BCUT2D eigenvalue weighted by Gasteiger charge is 2.15. The molecule has 1 atom stereocenters. The molecule has 0 fully saturated rings. The van der Waals surface area contributed by atoms with Gasteiger partial charge in [-0.1, -0.05) is 22.9 Å². The van der Waals surface area contributed by atoms with Crippen LogP contribution in [0.1, 0.15) is 35.4 Å². The van der Waals surface area contributed by atoms with Crippen LogP contribution < -0.4 is 5.32 Å². The Balaban J connectivity index is 2.21. The first-order valence-electron chi connectivity index (χ1n) is 6.82. The van der Waals surface area contributed by atoms with Crippen LogP contribution in [0, 0.1) is 12.7 Å². The molecule has 4 heteroatoms. The molecule has 1 nitrogen and oxygen atoms in total. The predicted octanol–water partition coefficient (Wildman–Crippen LogP) is 5.24. The van der Waals surface area contributed by atoms with E-state index in [9.17, 15) is 4.39 Å². The van der Waals surface area contributed by atoms with Crippen LogP contribution in [-0.4, -0.2) is 6.54 Å². The van der Waals surface area contributed by atoms with Crippen molar-refractivity contribution in [1.82, 2.24) is 5.32 Å². The third-order valence-electron chi connectivity index (χ3n) is 3.22. The summed E-state index contributed by atoms with van der Waals surface area (Å²) in [5.74, 6) is -0.188. The minimum atomic E-state index is -0.188. The van der Waals surface area contributed by atoms with Crippen LogP contribution in [0.25, 0.3) is 0 Å². The molecule has 0 spiro atoms. The van der Waals surface area contributed by atoms with Crippen molar-refractivity contribution in [2.24, 2.45) is 0 Å². The van der Waals surface area contributed by atoms with Gasteiger partial charge < -0.3 is 5.32 Å². The van der Waals surface area contributed by atoms with Crippen molar-refractivity contribution < 1.29 is 4.39 Å². The monoisotopic (exact) mass is 355 g/mol. The van der Waals surface area contributed by atoms with Crippen molar-refractivity contribution in [3.63, 3.8) is 0 Å². The molecule has 1 unspecified atom stereocenters. The molecule has 2 aromatic rings. The third kappa shape index (κ3) is 4.14. The average molecular weight is 356 g/mol. The minimum Gasteiger partial charge on any atom is -0.309 e. The van der Waals surface area contributed by atoms with Crippen molar-refractivity contribution in [3.05, 3.63) is 55.9 Å². The normalized spacial score (nSPS) is 12.6. The van der Waals surface area contributed by atoms with E-state index in [0.717, 1.165) is 29.4 Å². The van der Waals surface area contributed by atoms with Gasteiger partial charge in [-0.05, 0) is 67.1 Å². The van der Waals surface area contributed by atoms with Crippen LogP contribution in [0.15, 0.2) is 34.1 Å². The Morgan fingerprint density at radius 2 is 2.15 bits per heavy atom. The molecule has 0 aliphatic heterocycles. The number of hydrogen-bond donors (Lipinski definition) is 1. The smallest absolute Gasteiger partial charge is 0.124 e. The van der Waals surface area contributed by atoms with Gasteiger partial charge in [0, 0.05) is 15.4 Å². The molecule has 0 aliphatic rings. The maximum Gasteiger partial charge on any atom is 0.124 e. The van der Waals surface area contributed by atoms with E-state index in [-0.39, 0.29) is 11.9 Å². The molecule has 0 saturated heterocycles. The van der Waals surface area contributed by atoms with E-state index < -0.39 is 0 Å². The van der Waals surface area contributed by atoms with E-state index in [1.54, 1.807) is 17.4 Å². The zero-order valence-electron chi connectivity index (χ0n) is 11.7. The lowest BCUT2D eigenvalue weighted by atomic mass is 10.0. The van der Waals surface area contributed by atoms with Crippen molar-refractivity contribution in [2.75, 3.05) is 6.54 Å². The molecule has 20 heavy (non-hydrogen) atoms. The van der Waals surface area contributed by atoms with E-state index in [4.69, 9.17) is 0 Å². The van der Waals surface area contributed by atoms with Crippen LogP contribution in [0.4, 0.5) is 4.39 Å². The lowest BCUT2D eigenvalue weighted by Gasteiger charge is -2.19. The summed E-state index contributed by atoms with van der Waals surface area (Å²) in [4.78, 5) is 1.35. The van der Waals surface area contributed by atoms with Gasteiger partial charge in [-0.15, -0.1) is 11.3 Å².